The molecule has 25 heavy (non-hydrogen) atoms. The fourth-order valence-corrected chi connectivity index (χ4v) is 5.00. The summed E-state index contributed by atoms with van der Waals surface area (Å²) in [6.45, 7) is 1.62. The predicted octanol–water partition coefficient (Wildman–Crippen LogP) is 2.62. The molecular weight excluding hydrogens is 336 g/mol. The Labute approximate surface area is 145 Å². The molecule has 0 bridgehead atoms. The van der Waals surface area contributed by atoms with Crippen molar-refractivity contribution in [2.45, 2.75) is 31.1 Å². The highest BCUT2D eigenvalue weighted by Crippen LogP contribution is 2.27. The lowest BCUT2D eigenvalue weighted by molar-refractivity contribution is 0.587. The van der Waals surface area contributed by atoms with Crippen LogP contribution in [0, 0.1) is 6.92 Å². The molecule has 0 aliphatic heterocycles. The van der Waals surface area contributed by atoms with Gasteiger partial charge < -0.3 is 5.73 Å². The standard InChI is InChI=1S/C19H18N2O3S/c1-12-9-15-5-7-16(20)11-18(15)21(19(12)22)25(23,24)17-8-6-13-3-2-4-14(13)10-17/h5-11H,2-4,20H2,1H3. The molecule has 0 saturated heterocycles. The molecule has 4 rings (SSSR count). The van der Waals surface area contributed by atoms with Crippen molar-refractivity contribution in [3.05, 3.63) is 69.5 Å². The normalized spacial score (nSPS) is 14.0. The quantitative estimate of drug-likeness (QED) is 0.717. The summed E-state index contributed by atoms with van der Waals surface area (Å²) < 4.78 is 27.4. The lowest BCUT2D eigenvalue weighted by Gasteiger charge is -2.14. The maximum absolute atomic E-state index is 13.3. The minimum absolute atomic E-state index is 0.143. The smallest absolute Gasteiger partial charge is 0.271 e. The number of benzene rings is 2. The van der Waals surface area contributed by atoms with Crippen molar-refractivity contribution < 1.29 is 8.42 Å². The van der Waals surface area contributed by atoms with E-state index in [1.54, 1.807) is 37.3 Å². The molecule has 0 fully saturated rings. The number of nitrogen functional groups attached to an aromatic ring is 1. The number of hydrogen-bond acceptors (Lipinski definition) is 4. The highest BCUT2D eigenvalue weighted by molar-refractivity contribution is 7.90. The number of rotatable bonds is 2. The molecule has 1 aliphatic carbocycles. The molecule has 1 heterocycles. The highest BCUT2D eigenvalue weighted by atomic mass is 32.2. The van der Waals surface area contributed by atoms with E-state index >= 15 is 0 Å². The van der Waals surface area contributed by atoms with E-state index in [0.717, 1.165) is 28.8 Å². The molecule has 0 unspecified atom stereocenters. The molecule has 1 aromatic heterocycles. The fourth-order valence-electron chi connectivity index (χ4n) is 3.48. The first-order valence-corrected chi connectivity index (χ1v) is 9.61. The Balaban J connectivity index is 2.04. The molecule has 128 valence electrons. The van der Waals surface area contributed by atoms with Crippen LogP contribution in [0.25, 0.3) is 10.9 Å². The summed E-state index contributed by atoms with van der Waals surface area (Å²) >= 11 is 0. The monoisotopic (exact) mass is 354 g/mol. The molecule has 0 spiro atoms. The number of aryl methyl sites for hydroxylation is 3. The molecule has 3 aromatic rings. The molecular formula is C19H18N2O3S. The van der Waals surface area contributed by atoms with Crippen molar-refractivity contribution in [3.63, 3.8) is 0 Å². The van der Waals surface area contributed by atoms with Gasteiger partial charge in [0.25, 0.3) is 15.6 Å². The lowest BCUT2D eigenvalue weighted by Crippen LogP contribution is -2.29. The van der Waals surface area contributed by atoms with Crippen molar-refractivity contribution in [3.8, 4) is 0 Å². The van der Waals surface area contributed by atoms with Crippen molar-refractivity contribution in [2.75, 3.05) is 5.73 Å². The van der Waals surface area contributed by atoms with Crippen molar-refractivity contribution >= 4 is 26.6 Å². The van der Waals surface area contributed by atoms with Crippen LogP contribution in [0.5, 0.6) is 0 Å². The summed E-state index contributed by atoms with van der Waals surface area (Å²) in [6.07, 6.45) is 2.87. The highest BCUT2D eigenvalue weighted by Gasteiger charge is 2.24. The number of nitrogens with two attached hydrogens (primary N) is 1. The Morgan fingerprint density at radius 3 is 2.56 bits per heavy atom. The van der Waals surface area contributed by atoms with Crippen LogP contribution in [0.3, 0.4) is 0 Å². The van der Waals surface area contributed by atoms with Gasteiger partial charge in [-0.3, -0.25) is 4.79 Å². The topological polar surface area (TPSA) is 82.2 Å². The van der Waals surface area contributed by atoms with Crippen LogP contribution in [0.1, 0.15) is 23.1 Å². The van der Waals surface area contributed by atoms with E-state index in [1.807, 2.05) is 6.07 Å². The van der Waals surface area contributed by atoms with Gasteiger partial charge in [-0.2, -0.15) is 3.97 Å². The van der Waals surface area contributed by atoms with Crippen LogP contribution in [0.4, 0.5) is 5.69 Å². The zero-order valence-electron chi connectivity index (χ0n) is 13.8. The second-order valence-corrected chi connectivity index (χ2v) is 8.29. The molecule has 0 atom stereocenters. The second kappa shape index (κ2) is 5.46. The average Bonchev–Trinajstić information content (AvgIpc) is 3.04. The largest absolute Gasteiger partial charge is 0.399 e. The third kappa shape index (κ3) is 2.44. The number of anilines is 1. The summed E-state index contributed by atoms with van der Waals surface area (Å²) in [6, 6.07) is 11.8. The molecule has 2 N–H and O–H groups in total. The molecule has 0 saturated carbocycles. The van der Waals surface area contributed by atoms with Gasteiger partial charge in [0, 0.05) is 11.3 Å². The Kier molecular flexibility index (Phi) is 3.47. The first kappa shape index (κ1) is 15.9. The lowest BCUT2D eigenvalue weighted by atomic mass is 10.1. The number of fused-ring (bicyclic) bond motifs is 2. The van der Waals surface area contributed by atoms with Gasteiger partial charge in [-0.15, -0.1) is 0 Å². The summed E-state index contributed by atoms with van der Waals surface area (Å²) in [5, 5.41) is 0.663. The average molecular weight is 354 g/mol. The van der Waals surface area contributed by atoms with Gasteiger partial charge in [-0.1, -0.05) is 12.1 Å². The van der Waals surface area contributed by atoms with Gasteiger partial charge in [-0.25, -0.2) is 8.42 Å². The Bertz CT molecular complexity index is 1180. The van der Waals surface area contributed by atoms with Crippen LogP contribution in [0.2, 0.25) is 0 Å². The second-order valence-electron chi connectivity index (χ2n) is 6.50. The summed E-state index contributed by atoms with van der Waals surface area (Å²) in [7, 11) is -4.01. The van der Waals surface area contributed by atoms with E-state index in [1.165, 1.54) is 11.6 Å². The summed E-state index contributed by atoms with van der Waals surface area (Å²) in [5.74, 6) is 0. The number of nitrogens with zero attached hydrogens (tertiary/aromatic N) is 1. The van der Waals surface area contributed by atoms with Gasteiger partial charge in [0.15, 0.2) is 0 Å². The fraction of sp³-hybridized carbons (Fsp3) is 0.211. The Morgan fingerprint density at radius 2 is 1.76 bits per heavy atom. The van der Waals surface area contributed by atoms with Crippen LogP contribution in [0.15, 0.2) is 52.2 Å². The van der Waals surface area contributed by atoms with Gasteiger partial charge in [0.05, 0.1) is 10.4 Å². The third-order valence-corrected chi connectivity index (χ3v) is 6.47. The summed E-state index contributed by atoms with van der Waals surface area (Å²) in [4.78, 5) is 12.8. The van der Waals surface area contributed by atoms with E-state index in [9.17, 15) is 13.2 Å². The molecule has 5 nitrogen and oxygen atoms in total. The van der Waals surface area contributed by atoms with E-state index in [4.69, 9.17) is 5.73 Å². The zero-order valence-corrected chi connectivity index (χ0v) is 14.6. The van der Waals surface area contributed by atoms with Crippen molar-refractivity contribution in [2.24, 2.45) is 0 Å². The van der Waals surface area contributed by atoms with Crippen molar-refractivity contribution in [1.82, 2.24) is 3.97 Å². The first-order valence-electron chi connectivity index (χ1n) is 8.17. The van der Waals surface area contributed by atoms with E-state index in [0.29, 0.717) is 22.2 Å². The van der Waals surface area contributed by atoms with Gasteiger partial charge in [-0.05, 0) is 73.0 Å². The maximum atomic E-state index is 13.3. The number of hydrogen-bond donors (Lipinski definition) is 1. The SMILES string of the molecule is Cc1cc2ccc(N)cc2n(S(=O)(=O)c2ccc3c(c2)CCC3)c1=O. The number of aromatic nitrogens is 1. The van der Waals surface area contributed by atoms with Crippen molar-refractivity contribution in [1.29, 1.82) is 0 Å². The predicted molar refractivity (Wildman–Crippen MR) is 98.4 cm³/mol. The van der Waals surface area contributed by atoms with E-state index in [2.05, 4.69) is 0 Å². The van der Waals surface area contributed by atoms with Crippen LogP contribution in [-0.4, -0.2) is 12.4 Å². The molecule has 1 aliphatic rings. The minimum atomic E-state index is -4.01. The van der Waals surface area contributed by atoms with E-state index in [-0.39, 0.29) is 4.90 Å². The van der Waals surface area contributed by atoms with Crippen LogP contribution < -0.4 is 11.3 Å². The number of pyridine rings is 1. The Morgan fingerprint density at radius 1 is 1.00 bits per heavy atom. The van der Waals surface area contributed by atoms with Crippen LogP contribution >= 0.6 is 0 Å². The van der Waals surface area contributed by atoms with Gasteiger partial charge in [0.2, 0.25) is 0 Å². The molecule has 0 amide bonds. The maximum Gasteiger partial charge on any atom is 0.271 e. The van der Waals surface area contributed by atoms with E-state index < -0.39 is 15.6 Å². The van der Waals surface area contributed by atoms with Gasteiger partial charge >= 0.3 is 0 Å². The van der Waals surface area contributed by atoms with Crippen LogP contribution in [-0.2, 0) is 22.9 Å². The molecule has 0 radical (unpaired) electrons. The zero-order chi connectivity index (χ0) is 17.8. The van der Waals surface area contributed by atoms with Gasteiger partial charge in [0.1, 0.15) is 0 Å². The molecule has 2 aromatic carbocycles. The molecule has 6 heteroatoms. The summed E-state index contributed by atoms with van der Waals surface area (Å²) in [5.41, 5.74) is 8.60. The Hall–Kier alpha value is -2.60. The minimum Gasteiger partial charge on any atom is -0.399 e. The first-order chi connectivity index (χ1) is 11.9. The third-order valence-electron chi connectivity index (χ3n) is 4.78.